The van der Waals surface area contributed by atoms with Gasteiger partial charge in [-0.2, -0.15) is 0 Å². The summed E-state index contributed by atoms with van der Waals surface area (Å²) in [5.74, 6) is -0.467. The molecule has 0 radical (unpaired) electrons. The first-order valence-corrected chi connectivity index (χ1v) is 9.30. The monoisotopic (exact) mass is 386 g/mol. The topological polar surface area (TPSA) is 69.6 Å². The van der Waals surface area contributed by atoms with E-state index in [0.717, 1.165) is 11.1 Å². The Labute approximate surface area is 163 Å². The van der Waals surface area contributed by atoms with Crippen molar-refractivity contribution in [2.45, 2.75) is 31.7 Å². The van der Waals surface area contributed by atoms with Crippen LogP contribution in [0, 0.1) is 0 Å². The molecule has 1 atom stereocenters. The zero-order valence-electron chi connectivity index (χ0n) is 15.4. The Morgan fingerprint density at radius 3 is 2.70 bits per heavy atom. The number of carbonyl (C=O) groups is 2. The maximum absolute atomic E-state index is 13.2. The van der Waals surface area contributed by atoms with E-state index >= 15 is 0 Å². The molecule has 5 nitrogen and oxygen atoms in total. The van der Waals surface area contributed by atoms with Gasteiger partial charge in [0.25, 0.3) is 0 Å². The Bertz CT molecular complexity index is 866. The molecular weight excluding hydrogens is 364 g/mol. The second-order valence-corrected chi connectivity index (χ2v) is 7.64. The van der Waals surface area contributed by atoms with Crippen molar-refractivity contribution in [1.82, 2.24) is 10.2 Å². The van der Waals surface area contributed by atoms with Gasteiger partial charge < -0.3 is 15.3 Å². The predicted molar refractivity (Wildman–Crippen MR) is 105 cm³/mol. The van der Waals surface area contributed by atoms with Gasteiger partial charge in [-0.1, -0.05) is 41.9 Å². The number of phenols is 1. The minimum atomic E-state index is -0.904. The molecule has 27 heavy (non-hydrogen) atoms. The van der Waals surface area contributed by atoms with Crippen LogP contribution in [0.25, 0.3) is 0 Å². The number of amides is 2. The Morgan fingerprint density at radius 2 is 2.00 bits per heavy atom. The first-order chi connectivity index (χ1) is 12.8. The molecule has 2 N–H and O–H groups in total. The van der Waals surface area contributed by atoms with Gasteiger partial charge in [0.2, 0.25) is 11.8 Å². The number of piperazine rings is 1. The average molecular weight is 387 g/mol. The molecule has 1 heterocycles. The van der Waals surface area contributed by atoms with Gasteiger partial charge in [-0.05, 0) is 43.2 Å². The summed E-state index contributed by atoms with van der Waals surface area (Å²) in [6, 6.07) is 14.2. The van der Waals surface area contributed by atoms with Gasteiger partial charge in [0.1, 0.15) is 11.3 Å². The molecule has 6 heteroatoms. The number of halogens is 1. The molecule has 1 saturated heterocycles. The van der Waals surface area contributed by atoms with Crippen LogP contribution < -0.4 is 5.32 Å². The summed E-state index contributed by atoms with van der Waals surface area (Å²) in [6.45, 7) is 4.40. The van der Waals surface area contributed by atoms with E-state index in [9.17, 15) is 14.7 Å². The molecule has 0 spiro atoms. The Morgan fingerprint density at radius 1 is 1.26 bits per heavy atom. The van der Waals surface area contributed by atoms with Crippen LogP contribution in [-0.4, -0.2) is 40.4 Å². The second-order valence-electron chi connectivity index (χ2n) is 7.23. The van der Waals surface area contributed by atoms with E-state index in [4.69, 9.17) is 11.6 Å². The first kappa shape index (κ1) is 19.2. The quantitative estimate of drug-likeness (QED) is 0.847. The molecule has 2 aromatic carbocycles. The number of hydrogen-bond acceptors (Lipinski definition) is 3. The summed E-state index contributed by atoms with van der Waals surface area (Å²) in [7, 11) is 0. The van der Waals surface area contributed by atoms with Crippen molar-refractivity contribution in [2.24, 2.45) is 0 Å². The molecule has 1 aliphatic rings. The number of rotatable bonds is 4. The fraction of sp³-hybridized carbons (Fsp3) is 0.333. The van der Waals surface area contributed by atoms with Gasteiger partial charge in [-0.25, -0.2) is 0 Å². The molecule has 1 aliphatic heterocycles. The van der Waals surface area contributed by atoms with Gasteiger partial charge in [-0.15, -0.1) is 0 Å². The van der Waals surface area contributed by atoms with Gasteiger partial charge >= 0.3 is 0 Å². The van der Waals surface area contributed by atoms with Gasteiger partial charge in [-0.3, -0.25) is 9.59 Å². The highest BCUT2D eigenvalue weighted by molar-refractivity contribution is 6.31. The third-order valence-corrected chi connectivity index (χ3v) is 5.43. The van der Waals surface area contributed by atoms with Crippen molar-refractivity contribution in [1.29, 1.82) is 0 Å². The zero-order chi connectivity index (χ0) is 19.6. The number of nitrogens with one attached hydrogen (secondary N) is 1. The minimum absolute atomic E-state index is 0.122. The normalized spacial score (nSPS) is 17.3. The lowest BCUT2D eigenvalue weighted by molar-refractivity contribution is -0.149. The number of carbonyl (C=O) groups excluding carboxylic acids is 2. The molecule has 3 rings (SSSR count). The summed E-state index contributed by atoms with van der Waals surface area (Å²) in [6.07, 6.45) is 0.157. The maximum Gasteiger partial charge on any atom is 0.245 e. The lowest BCUT2D eigenvalue weighted by atomic mass is 9.87. The Kier molecular flexibility index (Phi) is 5.42. The molecule has 0 aromatic heterocycles. The number of nitrogens with zero attached hydrogens (tertiary/aromatic N) is 1. The van der Waals surface area contributed by atoms with Gasteiger partial charge in [0.15, 0.2) is 0 Å². The molecule has 2 amide bonds. The minimum Gasteiger partial charge on any atom is -0.508 e. The van der Waals surface area contributed by atoms with Crippen molar-refractivity contribution in [2.75, 3.05) is 13.1 Å². The molecule has 0 saturated carbocycles. The average Bonchev–Trinajstić information content (AvgIpc) is 2.62. The van der Waals surface area contributed by atoms with Crippen molar-refractivity contribution >= 4 is 23.4 Å². The highest BCUT2D eigenvalue weighted by Gasteiger charge is 2.41. The number of benzene rings is 2. The first-order valence-electron chi connectivity index (χ1n) is 8.93. The van der Waals surface area contributed by atoms with E-state index < -0.39 is 5.54 Å². The summed E-state index contributed by atoms with van der Waals surface area (Å²) >= 11 is 6.41. The van der Waals surface area contributed by atoms with Gasteiger partial charge in [0, 0.05) is 30.5 Å². The summed E-state index contributed by atoms with van der Waals surface area (Å²) in [5, 5.41) is 13.3. The van der Waals surface area contributed by atoms with Crippen LogP contribution in [0.3, 0.4) is 0 Å². The number of aromatic hydroxyl groups is 1. The van der Waals surface area contributed by atoms with Crippen LogP contribution >= 0.6 is 11.6 Å². The molecule has 2 aromatic rings. The van der Waals surface area contributed by atoms with Crippen molar-refractivity contribution in [3.63, 3.8) is 0 Å². The third-order valence-electron chi connectivity index (χ3n) is 5.08. The van der Waals surface area contributed by atoms with Crippen molar-refractivity contribution in [3.8, 4) is 5.75 Å². The lowest BCUT2D eigenvalue weighted by Gasteiger charge is -2.41. The fourth-order valence-corrected chi connectivity index (χ4v) is 3.79. The van der Waals surface area contributed by atoms with E-state index in [-0.39, 0.29) is 29.9 Å². The second kappa shape index (κ2) is 7.61. The molecule has 1 fully saturated rings. The molecule has 1 unspecified atom stereocenters. The maximum atomic E-state index is 13.2. The smallest absolute Gasteiger partial charge is 0.245 e. The SMILES string of the molecule is CC1(C)C(=O)NCCN1C(=O)CC(c1cccc(O)c1)c1ccccc1Cl. The zero-order valence-corrected chi connectivity index (χ0v) is 16.2. The van der Waals surface area contributed by atoms with Crippen LogP contribution in [-0.2, 0) is 9.59 Å². The van der Waals surface area contributed by atoms with E-state index in [1.807, 2.05) is 24.3 Å². The lowest BCUT2D eigenvalue weighted by Crippen LogP contribution is -2.63. The highest BCUT2D eigenvalue weighted by atomic mass is 35.5. The molecule has 0 bridgehead atoms. The molecular formula is C21H23ClN2O3. The van der Waals surface area contributed by atoms with Crippen LogP contribution in [0.2, 0.25) is 5.02 Å². The Hall–Kier alpha value is -2.53. The fourth-order valence-electron chi connectivity index (χ4n) is 3.53. The van der Waals surface area contributed by atoms with Crippen molar-refractivity contribution < 1.29 is 14.7 Å². The van der Waals surface area contributed by atoms with E-state index in [2.05, 4.69) is 5.32 Å². The third kappa shape index (κ3) is 3.93. The highest BCUT2D eigenvalue weighted by Crippen LogP contribution is 2.35. The Balaban J connectivity index is 1.96. The molecule has 142 valence electrons. The number of phenolic OH excluding ortho intramolecular Hbond substituents is 1. The predicted octanol–water partition coefficient (Wildman–Crippen LogP) is 3.30. The van der Waals surface area contributed by atoms with E-state index in [1.165, 1.54) is 0 Å². The van der Waals surface area contributed by atoms with Crippen LogP contribution in [0.1, 0.15) is 37.3 Å². The van der Waals surface area contributed by atoms with Crippen LogP contribution in [0.15, 0.2) is 48.5 Å². The number of hydrogen-bond donors (Lipinski definition) is 2. The van der Waals surface area contributed by atoms with Crippen molar-refractivity contribution in [3.05, 3.63) is 64.7 Å². The van der Waals surface area contributed by atoms with Crippen LogP contribution in [0.5, 0.6) is 5.75 Å². The van der Waals surface area contributed by atoms with E-state index in [0.29, 0.717) is 18.1 Å². The largest absolute Gasteiger partial charge is 0.508 e. The molecule has 0 aliphatic carbocycles. The summed E-state index contributed by atoms with van der Waals surface area (Å²) in [5.41, 5.74) is 0.715. The summed E-state index contributed by atoms with van der Waals surface area (Å²) in [4.78, 5) is 27.0. The van der Waals surface area contributed by atoms with Crippen LogP contribution in [0.4, 0.5) is 0 Å². The van der Waals surface area contributed by atoms with E-state index in [1.54, 1.807) is 43.0 Å². The summed E-state index contributed by atoms with van der Waals surface area (Å²) < 4.78 is 0. The standard InChI is InChI=1S/C21H23ClN2O3/c1-21(2)20(27)23-10-11-24(21)19(26)13-17(14-6-5-7-15(25)12-14)16-8-3-4-9-18(16)22/h3-9,12,17,25H,10-11,13H2,1-2H3,(H,23,27). The van der Waals surface area contributed by atoms with Gasteiger partial charge in [0.05, 0.1) is 0 Å².